The largest absolute Gasteiger partial charge is 0.494 e. The Labute approximate surface area is 182 Å². The highest BCUT2D eigenvalue weighted by Crippen LogP contribution is 2.41. The van der Waals surface area contributed by atoms with Crippen molar-refractivity contribution in [1.82, 2.24) is 0 Å². The van der Waals surface area contributed by atoms with Crippen molar-refractivity contribution in [3.05, 3.63) is 83.4 Å². The molecule has 0 amide bonds. The molecule has 0 N–H and O–H groups in total. The van der Waals surface area contributed by atoms with Gasteiger partial charge in [-0.05, 0) is 49.1 Å². The average molecular weight is 418 g/mol. The number of hydrogen-bond acceptors (Lipinski definition) is 5. The monoisotopic (exact) mass is 418 g/mol. The van der Waals surface area contributed by atoms with Gasteiger partial charge in [0, 0.05) is 24.6 Å². The molecule has 1 aliphatic rings. The predicted octanol–water partition coefficient (Wildman–Crippen LogP) is 5.66. The molecule has 4 rings (SSSR count). The molecule has 0 spiro atoms. The third-order valence-electron chi connectivity index (χ3n) is 5.13. The van der Waals surface area contributed by atoms with Crippen LogP contribution in [-0.2, 0) is 17.8 Å². The number of ether oxygens (including phenoxy) is 4. The van der Waals surface area contributed by atoms with E-state index in [0.717, 1.165) is 41.0 Å². The lowest BCUT2D eigenvalue weighted by Crippen LogP contribution is -2.17. The fraction of sp³-hybridized carbons (Fsp3) is 0.269. The van der Waals surface area contributed by atoms with Crippen molar-refractivity contribution in [3.8, 4) is 23.0 Å². The molecule has 1 heterocycles. The van der Waals surface area contributed by atoms with Crippen LogP contribution in [0.15, 0.2) is 66.7 Å². The lowest BCUT2D eigenvalue weighted by molar-refractivity contribution is -0.132. The number of carbonyl (C=O) groups excluding carboxylic acids is 1. The highest BCUT2D eigenvalue weighted by Gasteiger charge is 2.25. The fourth-order valence-electron chi connectivity index (χ4n) is 3.68. The minimum absolute atomic E-state index is 0.220. The molecule has 0 aromatic heterocycles. The van der Waals surface area contributed by atoms with E-state index in [0.29, 0.717) is 24.7 Å². The summed E-state index contributed by atoms with van der Waals surface area (Å²) < 4.78 is 23.3. The first-order chi connectivity index (χ1) is 15.1. The van der Waals surface area contributed by atoms with Crippen LogP contribution in [0.2, 0.25) is 0 Å². The van der Waals surface area contributed by atoms with Gasteiger partial charge in [0.1, 0.15) is 35.7 Å². The molecule has 0 aliphatic carbocycles. The zero-order valence-electron chi connectivity index (χ0n) is 17.8. The number of carbonyl (C=O) groups is 1. The molecule has 1 unspecified atom stereocenters. The van der Waals surface area contributed by atoms with E-state index < -0.39 is 0 Å². The quantitative estimate of drug-likeness (QED) is 0.366. The van der Waals surface area contributed by atoms with Crippen molar-refractivity contribution in [3.63, 3.8) is 0 Å². The zero-order valence-corrected chi connectivity index (χ0v) is 17.8. The van der Waals surface area contributed by atoms with Gasteiger partial charge < -0.3 is 18.9 Å². The maximum absolute atomic E-state index is 11.6. The third-order valence-corrected chi connectivity index (χ3v) is 5.13. The van der Waals surface area contributed by atoms with Crippen LogP contribution < -0.4 is 18.9 Å². The van der Waals surface area contributed by atoms with E-state index >= 15 is 0 Å². The molecule has 5 nitrogen and oxygen atoms in total. The van der Waals surface area contributed by atoms with Gasteiger partial charge in [-0.1, -0.05) is 36.4 Å². The summed E-state index contributed by atoms with van der Waals surface area (Å²) in [6.07, 6.45) is 1.44. The number of aryl methyl sites for hydroxylation is 1. The average Bonchev–Trinajstić information content (AvgIpc) is 2.78. The molecular formula is C26H26O5. The molecule has 5 heteroatoms. The van der Waals surface area contributed by atoms with Gasteiger partial charge in [-0.25, -0.2) is 0 Å². The van der Waals surface area contributed by atoms with Crippen LogP contribution in [0.3, 0.4) is 0 Å². The lowest BCUT2D eigenvalue weighted by atomic mass is 9.96. The summed E-state index contributed by atoms with van der Waals surface area (Å²) in [5.74, 6) is 2.32. The number of hydrogen-bond donors (Lipinski definition) is 0. The second-order valence-corrected chi connectivity index (χ2v) is 7.42. The molecule has 3 aromatic carbocycles. The Morgan fingerprint density at radius 3 is 2.55 bits per heavy atom. The molecular weight excluding hydrogens is 392 g/mol. The van der Waals surface area contributed by atoms with Crippen molar-refractivity contribution in [1.29, 1.82) is 0 Å². The summed E-state index contributed by atoms with van der Waals surface area (Å²) in [7, 11) is 0. The van der Waals surface area contributed by atoms with Gasteiger partial charge in [0.2, 0.25) is 0 Å². The van der Waals surface area contributed by atoms with Crippen molar-refractivity contribution >= 4 is 5.97 Å². The Bertz CT molecular complexity index is 1040. The van der Waals surface area contributed by atoms with Crippen molar-refractivity contribution in [2.24, 2.45) is 0 Å². The van der Waals surface area contributed by atoms with E-state index in [-0.39, 0.29) is 12.1 Å². The van der Waals surface area contributed by atoms with Crippen LogP contribution in [0.4, 0.5) is 0 Å². The molecule has 31 heavy (non-hydrogen) atoms. The van der Waals surface area contributed by atoms with Crippen molar-refractivity contribution < 1.29 is 23.7 Å². The Morgan fingerprint density at radius 1 is 1.00 bits per heavy atom. The van der Waals surface area contributed by atoms with Crippen LogP contribution in [0.1, 0.15) is 43.1 Å². The Morgan fingerprint density at radius 2 is 1.77 bits per heavy atom. The van der Waals surface area contributed by atoms with E-state index in [2.05, 4.69) is 6.07 Å². The van der Waals surface area contributed by atoms with Gasteiger partial charge in [-0.15, -0.1) is 0 Å². The molecule has 3 aromatic rings. The molecule has 0 radical (unpaired) electrons. The van der Waals surface area contributed by atoms with E-state index in [9.17, 15) is 4.79 Å². The highest BCUT2D eigenvalue weighted by molar-refractivity contribution is 5.70. The summed E-state index contributed by atoms with van der Waals surface area (Å²) >= 11 is 0. The molecule has 1 atom stereocenters. The Kier molecular flexibility index (Phi) is 6.41. The molecule has 1 aliphatic heterocycles. The standard InChI is InChI=1S/C26H26O5/c1-3-28-21-12-13-23(26(16-21)30-18(2)27)24-14-10-20-9-11-22(15-25(20)31-24)29-17-19-7-5-4-6-8-19/h4-9,11-13,15-16,24H,3,10,14,17H2,1-2H3. The van der Waals surface area contributed by atoms with E-state index in [4.69, 9.17) is 18.9 Å². The van der Waals surface area contributed by atoms with E-state index in [1.807, 2.05) is 61.5 Å². The van der Waals surface area contributed by atoms with Crippen LogP contribution >= 0.6 is 0 Å². The smallest absolute Gasteiger partial charge is 0.308 e. The first-order valence-electron chi connectivity index (χ1n) is 10.5. The summed E-state index contributed by atoms with van der Waals surface area (Å²) in [6, 6.07) is 21.6. The summed E-state index contributed by atoms with van der Waals surface area (Å²) in [6.45, 7) is 4.35. The molecule has 160 valence electrons. The lowest BCUT2D eigenvalue weighted by Gasteiger charge is -2.28. The molecule has 0 fully saturated rings. The summed E-state index contributed by atoms with van der Waals surface area (Å²) in [5, 5.41) is 0. The molecule has 0 saturated heterocycles. The van der Waals surface area contributed by atoms with E-state index in [1.54, 1.807) is 6.07 Å². The van der Waals surface area contributed by atoms with Crippen molar-refractivity contribution in [2.45, 2.75) is 39.4 Å². The van der Waals surface area contributed by atoms with Gasteiger partial charge in [-0.3, -0.25) is 4.79 Å². The minimum atomic E-state index is -0.372. The number of rotatable bonds is 7. The van der Waals surface area contributed by atoms with Crippen LogP contribution in [-0.4, -0.2) is 12.6 Å². The van der Waals surface area contributed by atoms with Gasteiger partial charge >= 0.3 is 5.97 Å². The van der Waals surface area contributed by atoms with Crippen molar-refractivity contribution in [2.75, 3.05) is 6.61 Å². The van der Waals surface area contributed by atoms with Crippen LogP contribution in [0.5, 0.6) is 23.0 Å². The number of benzene rings is 3. The second-order valence-electron chi connectivity index (χ2n) is 7.42. The summed E-state index contributed by atoms with van der Waals surface area (Å²) in [4.78, 5) is 11.6. The first kappa shape index (κ1) is 20.8. The van der Waals surface area contributed by atoms with Crippen LogP contribution in [0, 0.1) is 0 Å². The van der Waals surface area contributed by atoms with Crippen LogP contribution in [0.25, 0.3) is 0 Å². The predicted molar refractivity (Wildman–Crippen MR) is 118 cm³/mol. The van der Waals surface area contributed by atoms with Gasteiger partial charge in [0.15, 0.2) is 0 Å². The normalized spacial score (nSPS) is 14.8. The highest BCUT2D eigenvalue weighted by atomic mass is 16.5. The Balaban J connectivity index is 1.53. The first-order valence-corrected chi connectivity index (χ1v) is 10.5. The van der Waals surface area contributed by atoms with Gasteiger partial charge in [0.05, 0.1) is 6.61 Å². The molecule has 0 saturated carbocycles. The number of esters is 1. The SMILES string of the molecule is CCOc1ccc(C2CCc3ccc(OCc4ccccc4)cc3O2)c(OC(C)=O)c1. The molecule has 0 bridgehead atoms. The second kappa shape index (κ2) is 9.56. The van der Waals surface area contributed by atoms with Gasteiger partial charge in [-0.2, -0.15) is 0 Å². The Hall–Kier alpha value is -3.47. The van der Waals surface area contributed by atoms with E-state index in [1.165, 1.54) is 6.92 Å². The summed E-state index contributed by atoms with van der Waals surface area (Å²) in [5.41, 5.74) is 3.09. The minimum Gasteiger partial charge on any atom is -0.494 e. The zero-order chi connectivity index (χ0) is 21.6. The topological polar surface area (TPSA) is 54.0 Å². The third kappa shape index (κ3) is 5.18. The maximum Gasteiger partial charge on any atom is 0.308 e. The fourth-order valence-corrected chi connectivity index (χ4v) is 3.68. The number of fused-ring (bicyclic) bond motifs is 1. The maximum atomic E-state index is 11.6. The van der Waals surface area contributed by atoms with Gasteiger partial charge in [0.25, 0.3) is 0 Å².